The molecule has 0 bridgehead atoms. The zero-order chi connectivity index (χ0) is 20.6. The largest absolute Gasteiger partial charge is 0.459 e. The summed E-state index contributed by atoms with van der Waals surface area (Å²) in [5.41, 5.74) is 2.90. The Kier molecular flexibility index (Phi) is 7.69. The quantitative estimate of drug-likeness (QED) is 0.449. The number of carbonyl (C=O) groups is 1. The van der Waals surface area contributed by atoms with Gasteiger partial charge in [0.15, 0.2) is 5.76 Å². The van der Waals surface area contributed by atoms with Gasteiger partial charge < -0.3 is 19.9 Å². The normalized spacial score (nSPS) is 18.3. The number of amides is 1. The summed E-state index contributed by atoms with van der Waals surface area (Å²) in [4.78, 5) is 12.4. The number of ether oxygens (including phenoxy) is 2. The molecule has 1 aliphatic heterocycles. The molecule has 0 unspecified atom stereocenters. The van der Waals surface area contributed by atoms with Gasteiger partial charge in [-0.3, -0.25) is 4.79 Å². The second-order valence-corrected chi connectivity index (χ2v) is 7.89. The standard InChI is InChI=1S/C23H22INO4/c1-2-11-25-23(27)21-12-19(18-7-9-20(24)10-8-18)13-22(29-21)28-15-17-5-3-16(14-26)4-6-17/h1,3-10,12,19,22,26H,11,13-15H2,(H,25,27)/t19-,22+/m1/s1. The number of rotatable bonds is 7. The summed E-state index contributed by atoms with van der Waals surface area (Å²) in [6.45, 7) is 0.483. The number of hydrogen-bond donors (Lipinski definition) is 2. The number of carbonyl (C=O) groups excluding carboxylic acids is 1. The summed E-state index contributed by atoms with van der Waals surface area (Å²) in [7, 11) is 0. The fourth-order valence-electron chi connectivity index (χ4n) is 3.01. The van der Waals surface area contributed by atoms with E-state index in [0.29, 0.717) is 13.0 Å². The van der Waals surface area contributed by atoms with Crippen LogP contribution in [0.5, 0.6) is 0 Å². The van der Waals surface area contributed by atoms with Gasteiger partial charge in [-0.25, -0.2) is 0 Å². The molecule has 0 spiro atoms. The van der Waals surface area contributed by atoms with E-state index in [1.54, 1.807) is 0 Å². The summed E-state index contributed by atoms with van der Waals surface area (Å²) in [6.07, 6.45) is 7.09. The summed E-state index contributed by atoms with van der Waals surface area (Å²) in [5.74, 6) is 2.25. The average molecular weight is 503 g/mol. The SMILES string of the molecule is C#CCNC(=O)C1=C[C@@H](c2ccc(I)cc2)C[C@@H](OCc2ccc(CO)cc2)O1. The van der Waals surface area contributed by atoms with Crippen molar-refractivity contribution in [2.45, 2.75) is 31.8 Å². The number of allylic oxidation sites excluding steroid dienone is 1. The molecule has 1 amide bonds. The Morgan fingerprint density at radius 1 is 1.21 bits per heavy atom. The minimum atomic E-state index is -0.562. The first-order valence-corrected chi connectivity index (χ1v) is 10.3. The van der Waals surface area contributed by atoms with Crippen LogP contribution in [-0.4, -0.2) is 23.8 Å². The summed E-state index contributed by atoms with van der Waals surface area (Å²) < 4.78 is 12.9. The van der Waals surface area contributed by atoms with Crippen LogP contribution in [0.2, 0.25) is 0 Å². The second kappa shape index (κ2) is 10.4. The molecule has 2 atom stereocenters. The maximum atomic E-state index is 12.4. The highest BCUT2D eigenvalue weighted by molar-refractivity contribution is 14.1. The van der Waals surface area contributed by atoms with Gasteiger partial charge in [0.2, 0.25) is 6.29 Å². The van der Waals surface area contributed by atoms with Gasteiger partial charge in [-0.2, -0.15) is 0 Å². The molecule has 3 rings (SSSR count). The molecule has 0 aromatic heterocycles. The van der Waals surface area contributed by atoms with Gasteiger partial charge >= 0.3 is 0 Å². The minimum Gasteiger partial charge on any atom is -0.459 e. The van der Waals surface area contributed by atoms with Crippen LogP contribution in [-0.2, 0) is 27.5 Å². The lowest BCUT2D eigenvalue weighted by molar-refractivity contribution is -0.150. The van der Waals surface area contributed by atoms with Gasteiger partial charge in [-0.05, 0) is 57.5 Å². The van der Waals surface area contributed by atoms with Crippen molar-refractivity contribution in [2.75, 3.05) is 6.54 Å². The lowest BCUT2D eigenvalue weighted by atomic mass is 9.93. The molecule has 6 heteroatoms. The molecular formula is C23H22INO4. The number of halogens is 1. The Labute approximate surface area is 184 Å². The van der Waals surface area contributed by atoms with E-state index in [4.69, 9.17) is 21.0 Å². The Bertz CT molecular complexity index is 900. The third kappa shape index (κ3) is 6.07. The molecular weight excluding hydrogens is 481 g/mol. The molecule has 2 aromatic carbocycles. The third-order valence-electron chi connectivity index (χ3n) is 4.57. The number of aliphatic hydroxyl groups is 1. The lowest BCUT2D eigenvalue weighted by Crippen LogP contribution is -2.33. The predicted octanol–water partition coefficient (Wildman–Crippen LogP) is 3.46. The molecule has 0 aliphatic carbocycles. The predicted molar refractivity (Wildman–Crippen MR) is 118 cm³/mol. The van der Waals surface area contributed by atoms with Crippen LogP contribution in [0.3, 0.4) is 0 Å². The smallest absolute Gasteiger partial charge is 0.286 e. The van der Waals surface area contributed by atoms with Crippen molar-refractivity contribution in [1.29, 1.82) is 0 Å². The van der Waals surface area contributed by atoms with Gasteiger partial charge in [-0.1, -0.05) is 42.3 Å². The molecule has 29 heavy (non-hydrogen) atoms. The Balaban J connectivity index is 1.73. The number of aliphatic hydroxyl groups excluding tert-OH is 1. The van der Waals surface area contributed by atoms with Crippen molar-refractivity contribution < 1.29 is 19.4 Å². The van der Waals surface area contributed by atoms with E-state index >= 15 is 0 Å². The van der Waals surface area contributed by atoms with Gasteiger partial charge in [0, 0.05) is 15.9 Å². The second-order valence-electron chi connectivity index (χ2n) is 6.64. The van der Waals surface area contributed by atoms with E-state index in [-0.39, 0.29) is 30.7 Å². The van der Waals surface area contributed by atoms with Crippen molar-refractivity contribution in [1.82, 2.24) is 5.32 Å². The first kappa shape index (κ1) is 21.4. The van der Waals surface area contributed by atoms with Crippen molar-refractivity contribution in [2.24, 2.45) is 0 Å². The summed E-state index contributed by atoms with van der Waals surface area (Å²) in [5, 5.41) is 11.8. The fourth-order valence-corrected chi connectivity index (χ4v) is 3.37. The van der Waals surface area contributed by atoms with E-state index in [2.05, 4.69) is 46.0 Å². The molecule has 150 valence electrons. The molecule has 5 nitrogen and oxygen atoms in total. The molecule has 0 saturated heterocycles. The topological polar surface area (TPSA) is 67.8 Å². The van der Waals surface area contributed by atoms with Gasteiger partial charge in [-0.15, -0.1) is 6.42 Å². The molecule has 0 saturated carbocycles. The van der Waals surface area contributed by atoms with Crippen LogP contribution in [0.15, 0.2) is 60.4 Å². The van der Waals surface area contributed by atoms with E-state index in [0.717, 1.165) is 20.3 Å². The average Bonchev–Trinajstić information content (AvgIpc) is 2.76. The first-order chi connectivity index (χ1) is 14.1. The molecule has 2 N–H and O–H groups in total. The van der Waals surface area contributed by atoms with Gasteiger partial charge in [0.1, 0.15) is 0 Å². The van der Waals surface area contributed by atoms with Gasteiger partial charge in [0.25, 0.3) is 5.91 Å². The van der Waals surface area contributed by atoms with Crippen LogP contribution in [0.1, 0.15) is 29.0 Å². The van der Waals surface area contributed by atoms with E-state index in [9.17, 15) is 4.79 Å². The Hall–Kier alpha value is -2.34. The maximum Gasteiger partial charge on any atom is 0.286 e. The zero-order valence-electron chi connectivity index (χ0n) is 15.8. The van der Waals surface area contributed by atoms with Crippen LogP contribution >= 0.6 is 22.6 Å². The van der Waals surface area contributed by atoms with Crippen molar-refractivity contribution in [3.8, 4) is 12.3 Å². The number of hydrogen-bond acceptors (Lipinski definition) is 4. The number of terminal acetylenes is 1. The minimum absolute atomic E-state index is 0.00545. The van der Waals surface area contributed by atoms with Crippen molar-refractivity contribution in [3.63, 3.8) is 0 Å². The van der Waals surface area contributed by atoms with Crippen molar-refractivity contribution >= 4 is 28.5 Å². The summed E-state index contributed by atoms with van der Waals surface area (Å²) in [6, 6.07) is 15.7. The molecule has 2 aromatic rings. The molecule has 0 radical (unpaired) electrons. The Morgan fingerprint density at radius 3 is 2.55 bits per heavy atom. The first-order valence-electron chi connectivity index (χ1n) is 9.25. The third-order valence-corrected chi connectivity index (χ3v) is 5.29. The zero-order valence-corrected chi connectivity index (χ0v) is 18.0. The van der Waals surface area contributed by atoms with Crippen LogP contribution < -0.4 is 5.32 Å². The van der Waals surface area contributed by atoms with Crippen molar-refractivity contribution in [3.05, 3.63) is 80.6 Å². The lowest BCUT2D eigenvalue weighted by Gasteiger charge is -2.29. The Morgan fingerprint density at radius 2 is 1.90 bits per heavy atom. The highest BCUT2D eigenvalue weighted by Gasteiger charge is 2.28. The number of nitrogens with one attached hydrogen (secondary N) is 1. The van der Waals surface area contributed by atoms with E-state index in [1.807, 2.05) is 42.5 Å². The highest BCUT2D eigenvalue weighted by Crippen LogP contribution is 2.32. The van der Waals surface area contributed by atoms with Crippen LogP contribution in [0.25, 0.3) is 0 Å². The maximum absolute atomic E-state index is 12.4. The van der Waals surface area contributed by atoms with Crippen LogP contribution in [0.4, 0.5) is 0 Å². The van der Waals surface area contributed by atoms with E-state index < -0.39 is 6.29 Å². The molecule has 0 fully saturated rings. The molecule has 1 aliphatic rings. The monoisotopic (exact) mass is 503 g/mol. The van der Waals surface area contributed by atoms with Gasteiger partial charge in [0.05, 0.1) is 19.8 Å². The summed E-state index contributed by atoms with van der Waals surface area (Å²) >= 11 is 2.26. The van der Waals surface area contributed by atoms with E-state index in [1.165, 1.54) is 0 Å². The fraction of sp³-hybridized carbons (Fsp3) is 0.261. The van der Waals surface area contributed by atoms with Crippen LogP contribution in [0, 0.1) is 15.9 Å². The highest BCUT2D eigenvalue weighted by atomic mass is 127. The molecule has 1 heterocycles. The number of benzene rings is 2.